The van der Waals surface area contributed by atoms with Gasteiger partial charge in [-0.25, -0.2) is 8.78 Å². The molecule has 0 unspecified atom stereocenters. The van der Waals surface area contributed by atoms with Crippen LogP contribution < -0.4 is 4.74 Å². The largest absolute Gasteiger partial charge is 0.493 e. The quantitative estimate of drug-likeness (QED) is 0.710. The Hall–Kier alpha value is -3.00. The van der Waals surface area contributed by atoms with Crippen molar-refractivity contribution in [1.82, 2.24) is 9.80 Å². The monoisotopic (exact) mass is 444 g/mol. The molecule has 2 aliphatic heterocycles. The van der Waals surface area contributed by atoms with Gasteiger partial charge in [-0.05, 0) is 49.2 Å². The maximum absolute atomic E-state index is 14.0. The summed E-state index contributed by atoms with van der Waals surface area (Å²) in [5.74, 6) is -1.66. The Morgan fingerprint density at radius 1 is 0.938 bits per heavy atom. The number of rotatable bonds is 5. The SMILES string of the molecule is O=C(c1ccc(OC[C@@H]2CCCN(C(=O)c3c(F)cccc3F)C2)cc1)N1CCOCC1. The number of halogens is 2. The van der Waals surface area contributed by atoms with Crippen LogP contribution in [-0.4, -0.2) is 67.6 Å². The molecule has 0 spiro atoms. The fourth-order valence-electron chi connectivity index (χ4n) is 4.10. The van der Waals surface area contributed by atoms with Gasteiger partial charge in [0.05, 0.1) is 19.8 Å². The lowest BCUT2D eigenvalue weighted by Gasteiger charge is -2.32. The van der Waals surface area contributed by atoms with E-state index < -0.39 is 23.1 Å². The van der Waals surface area contributed by atoms with Crippen LogP contribution in [0.25, 0.3) is 0 Å². The van der Waals surface area contributed by atoms with Crippen molar-refractivity contribution in [1.29, 1.82) is 0 Å². The highest BCUT2D eigenvalue weighted by Gasteiger charge is 2.28. The van der Waals surface area contributed by atoms with Crippen molar-refractivity contribution in [3.63, 3.8) is 0 Å². The normalized spacial score (nSPS) is 19.0. The first-order chi connectivity index (χ1) is 15.5. The molecule has 0 bridgehead atoms. The van der Waals surface area contributed by atoms with Crippen LogP contribution in [0.2, 0.25) is 0 Å². The second-order valence-corrected chi connectivity index (χ2v) is 8.10. The lowest BCUT2D eigenvalue weighted by atomic mass is 9.98. The van der Waals surface area contributed by atoms with E-state index in [1.165, 1.54) is 11.0 Å². The summed E-state index contributed by atoms with van der Waals surface area (Å²) in [5, 5.41) is 0. The molecule has 6 nitrogen and oxygen atoms in total. The lowest BCUT2D eigenvalue weighted by Crippen LogP contribution is -2.42. The summed E-state index contributed by atoms with van der Waals surface area (Å²) in [5.41, 5.74) is 0.0928. The van der Waals surface area contributed by atoms with Crippen molar-refractivity contribution < 1.29 is 27.8 Å². The lowest BCUT2D eigenvalue weighted by molar-refractivity contribution is 0.0303. The summed E-state index contributed by atoms with van der Waals surface area (Å²) in [7, 11) is 0. The molecule has 0 saturated carbocycles. The minimum absolute atomic E-state index is 0.0262. The summed E-state index contributed by atoms with van der Waals surface area (Å²) < 4.78 is 39.1. The number of hydrogen-bond acceptors (Lipinski definition) is 4. The van der Waals surface area contributed by atoms with Gasteiger partial charge in [0.2, 0.25) is 0 Å². The van der Waals surface area contributed by atoms with Crippen LogP contribution in [0.15, 0.2) is 42.5 Å². The van der Waals surface area contributed by atoms with Gasteiger partial charge in [-0.15, -0.1) is 0 Å². The summed E-state index contributed by atoms with van der Waals surface area (Å²) in [6.07, 6.45) is 1.60. The number of likely N-dealkylation sites (tertiary alicyclic amines) is 1. The Morgan fingerprint density at radius 2 is 1.62 bits per heavy atom. The summed E-state index contributed by atoms with van der Waals surface area (Å²) >= 11 is 0. The molecule has 32 heavy (non-hydrogen) atoms. The van der Waals surface area contributed by atoms with Crippen LogP contribution in [0.4, 0.5) is 8.78 Å². The number of carbonyl (C=O) groups is 2. The Balaban J connectivity index is 1.32. The highest BCUT2D eigenvalue weighted by Crippen LogP contribution is 2.23. The number of carbonyl (C=O) groups excluding carboxylic acids is 2. The number of piperidine rings is 1. The molecular weight excluding hydrogens is 418 g/mol. The van der Waals surface area contributed by atoms with Gasteiger partial charge in [0.1, 0.15) is 22.9 Å². The zero-order chi connectivity index (χ0) is 22.5. The zero-order valence-corrected chi connectivity index (χ0v) is 17.8. The second kappa shape index (κ2) is 10.1. The van der Waals surface area contributed by atoms with Crippen molar-refractivity contribution >= 4 is 11.8 Å². The van der Waals surface area contributed by atoms with Crippen molar-refractivity contribution in [2.45, 2.75) is 12.8 Å². The van der Waals surface area contributed by atoms with Gasteiger partial charge in [0.15, 0.2) is 0 Å². The Kier molecular flexibility index (Phi) is 6.99. The molecule has 1 atom stereocenters. The molecule has 2 aliphatic rings. The number of benzene rings is 2. The highest BCUT2D eigenvalue weighted by atomic mass is 19.1. The maximum Gasteiger partial charge on any atom is 0.259 e. The van der Waals surface area contributed by atoms with Crippen molar-refractivity contribution in [3.05, 3.63) is 65.2 Å². The van der Waals surface area contributed by atoms with Gasteiger partial charge in [-0.2, -0.15) is 0 Å². The average Bonchev–Trinajstić information content (AvgIpc) is 2.83. The third kappa shape index (κ3) is 5.07. The minimum Gasteiger partial charge on any atom is -0.493 e. The summed E-state index contributed by atoms with van der Waals surface area (Å²) in [4.78, 5) is 28.4. The van der Waals surface area contributed by atoms with E-state index in [1.54, 1.807) is 29.2 Å². The molecule has 2 aromatic rings. The number of amides is 2. The smallest absolute Gasteiger partial charge is 0.259 e. The van der Waals surface area contributed by atoms with Crippen LogP contribution in [-0.2, 0) is 4.74 Å². The van der Waals surface area contributed by atoms with Crippen LogP contribution in [0.1, 0.15) is 33.6 Å². The Labute approximate surface area is 185 Å². The molecule has 0 N–H and O–H groups in total. The van der Waals surface area contributed by atoms with Gasteiger partial charge < -0.3 is 19.3 Å². The molecule has 0 radical (unpaired) electrons. The third-order valence-electron chi connectivity index (χ3n) is 5.87. The second-order valence-electron chi connectivity index (χ2n) is 8.10. The first-order valence-electron chi connectivity index (χ1n) is 10.9. The fourth-order valence-corrected chi connectivity index (χ4v) is 4.10. The molecule has 2 aromatic carbocycles. The number of morpholine rings is 1. The van der Waals surface area contributed by atoms with Crippen molar-refractivity contribution in [2.75, 3.05) is 46.0 Å². The Morgan fingerprint density at radius 3 is 2.31 bits per heavy atom. The van der Waals surface area contributed by atoms with Crippen LogP contribution >= 0.6 is 0 Å². The standard InChI is InChI=1S/C24H26F2N2O4/c25-20-4-1-5-21(26)22(20)24(30)28-10-2-3-17(15-28)16-32-19-8-6-18(7-9-19)23(29)27-11-13-31-14-12-27/h1,4-9,17H,2-3,10-16H2/t17-/m1/s1. The van der Waals surface area contributed by atoms with Gasteiger partial charge in [-0.3, -0.25) is 9.59 Å². The van der Waals surface area contributed by atoms with E-state index in [4.69, 9.17) is 9.47 Å². The number of ether oxygens (including phenoxy) is 2. The van der Waals surface area contributed by atoms with Gasteiger partial charge in [-0.1, -0.05) is 6.07 Å². The van der Waals surface area contributed by atoms with E-state index in [9.17, 15) is 18.4 Å². The molecule has 2 amide bonds. The summed E-state index contributed by atoms with van der Waals surface area (Å²) in [6.45, 7) is 3.49. The Bertz CT molecular complexity index is 941. The highest BCUT2D eigenvalue weighted by molar-refractivity contribution is 5.95. The fraction of sp³-hybridized carbons (Fsp3) is 0.417. The maximum atomic E-state index is 14.0. The van der Waals surface area contributed by atoms with E-state index in [0.29, 0.717) is 57.3 Å². The summed E-state index contributed by atoms with van der Waals surface area (Å²) in [6, 6.07) is 10.4. The molecule has 4 rings (SSSR count). The molecule has 0 aliphatic carbocycles. The molecule has 170 valence electrons. The molecule has 8 heteroatoms. The first-order valence-corrected chi connectivity index (χ1v) is 10.9. The topological polar surface area (TPSA) is 59.1 Å². The van der Waals surface area contributed by atoms with Gasteiger partial charge in [0, 0.05) is 37.7 Å². The van der Waals surface area contributed by atoms with Gasteiger partial charge >= 0.3 is 0 Å². The third-order valence-corrected chi connectivity index (χ3v) is 5.87. The average molecular weight is 444 g/mol. The first kappa shape index (κ1) is 22.2. The van der Waals surface area contributed by atoms with Crippen LogP contribution in [0.3, 0.4) is 0 Å². The van der Waals surface area contributed by atoms with E-state index in [1.807, 2.05) is 0 Å². The molecule has 2 heterocycles. The molecule has 2 saturated heterocycles. The molecule has 2 fully saturated rings. The molecule has 0 aromatic heterocycles. The predicted molar refractivity (Wildman–Crippen MR) is 114 cm³/mol. The van der Waals surface area contributed by atoms with Gasteiger partial charge in [0.25, 0.3) is 11.8 Å². The van der Waals surface area contributed by atoms with Crippen molar-refractivity contribution in [3.8, 4) is 5.75 Å². The van der Waals surface area contributed by atoms with E-state index >= 15 is 0 Å². The predicted octanol–water partition coefficient (Wildman–Crippen LogP) is 3.37. The minimum atomic E-state index is -0.847. The van der Waals surface area contributed by atoms with E-state index in [0.717, 1.165) is 25.0 Å². The zero-order valence-electron chi connectivity index (χ0n) is 17.8. The number of nitrogens with zero attached hydrogens (tertiary/aromatic N) is 2. The molecular formula is C24H26F2N2O4. The van der Waals surface area contributed by atoms with Crippen LogP contribution in [0, 0.1) is 17.6 Å². The van der Waals surface area contributed by atoms with E-state index in [2.05, 4.69) is 0 Å². The van der Waals surface area contributed by atoms with Crippen LogP contribution in [0.5, 0.6) is 5.75 Å². The number of hydrogen-bond donors (Lipinski definition) is 0. The van der Waals surface area contributed by atoms with Crippen molar-refractivity contribution in [2.24, 2.45) is 5.92 Å². The van der Waals surface area contributed by atoms with E-state index in [-0.39, 0.29) is 11.8 Å².